The van der Waals surface area contributed by atoms with Crippen LogP contribution in [0.25, 0.3) is 0 Å². The first-order valence-electron chi connectivity index (χ1n) is 4.26. The van der Waals surface area contributed by atoms with Crippen LogP contribution < -0.4 is 4.74 Å². The molecule has 15 heavy (non-hydrogen) atoms. The van der Waals surface area contributed by atoms with E-state index in [-0.39, 0.29) is 5.75 Å². The molecule has 0 radical (unpaired) electrons. The average molecular weight is 286 g/mol. The molecule has 2 aromatic rings. The molecule has 0 aliphatic heterocycles. The van der Waals surface area contributed by atoms with Gasteiger partial charge in [-0.3, -0.25) is 0 Å². The molecule has 0 fully saturated rings. The fourth-order valence-corrected chi connectivity index (χ4v) is 2.32. The maximum Gasteiger partial charge on any atom is 0.159 e. The maximum absolute atomic E-state index is 9.08. The molecule has 0 unspecified atom stereocenters. The van der Waals surface area contributed by atoms with Gasteiger partial charge in [-0.05, 0) is 40.2 Å². The number of hydrogen-bond acceptors (Lipinski definition) is 4. The predicted octanol–water partition coefficient (Wildman–Crippen LogP) is 3.19. The number of phenols is 1. The molecule has 5 heteroatoms. The Hall–Kier alpha value is -1.07. The molecule has 1 N–H and O–H groups in total. The van der Waals surface area contributed by atoms with Crippen LogP contribution in [0.1, 0.15) is 4.88 Å². The first-order chi connectivity index (χ1) is 7.24. The Kier molecular flexibility index (Phi) is 3.23. The van der Waals surface area contributed by atoms with Crippen molar-refractivity contribution in [2.45, 2.75) is 6.61 Å². The monoisotopic (exact) mass is 285 g/mol. The van der Waals surface area contributed by atoms with Gasteiger partial charge in [-0.25, -0.2) is 4.98 Å². The van der Waals surface area contributed by atoms with Gasteiger partial charge < -0.3 is 9.84 Å². The molecule has 1 aromatic heterocycles. The van der Waals surface area contributed by atoms with Crippen molar-refractivity contribution >= 4 is 27.3 Å². The smallest absolute Gasteiger partial charge is 0.159 e. The van der Waals surface area contributed by atoms with Crippen LogP contribution in [0.3, 0.4) is 0 Å². The molecule has 0 atom stereocenters. The number of aromatic hydroxyl groups is 1. The van der Waals surface area contributed by atoms with Gasteiger partial charge >= 0.3 is 0 Å². The van der Waals surface area contributed by atoms with Crippen molar-refractivity contribution in [3.05, 3.63) is 39.3 Å². The van der Waals surface area contributed by atoms with Crippen molar-refractivity contribution in [1.29, 1.82) is 0 Å². The number of halogens is 1. The zero-order valence-electron chi connectivity index (χ0n) is 7.68. The maximum atomic E-state index is 9.08. The van der Waals surface area contributed by atoms with Crippen LogP contribution in [-0.2, 0) is 6.61 Å². The van der Waals surface area contributed by atoms with E-state index in [0.717, 1.165) is 14.5 Å². The number of rotatable bonds is 3. The zero-order chi connectivity index (χ0) is 10.7. The topological polar surface area (TPSA) is 42.4 Å². The lowest BCUT2D eigenvalue weighted by Crippen LogP contribution is -1.91. The van der Waals surface area contributed by atoms with E-state index in [1.165, 1.54) is 0 Å². The second kappa shape index (κ2) is 4.63. The van der Waals surface area contributed by atoms with Gasteiger partial charge in [-0.1, -0.05) is 0 Å². The Bertz CT molecular complexity index is 441. The Labute approximate surface area is 99.5 Å². The number of thiazole rings is 1. The quantitative estimate of drug-likeness (QED) is 0.942. The SMILES string of the molecule is Oc1ccc(OCc2cnc(Br)s2)cc1. The van der Waals surface area contributed by atoms with Crippen molar-refractivity contribution in [3.8, 4) is 11.5 Å². The number of nitrogens with zero attached hydrogens (tertiary/aromatic N) is 1. The lowest BCUT2D eigenvalue weighted by molar-refractivity contribution is 0.309. The van der Waals surface area contributed by atoms with Gasteiger partial charge in [0.2, 0.25) is 0 Å². The van der Waals surface area contributed by atoms with E-state index in [4.69, 9.17) is 9.84 Å². The van der Waals surface area contributed by atoms with Gasteiger partial charge in [0.25, 0.3) is 0 Å². The molecule has 0 amide bonds. The number of benzene rings is 1. The first-order valence-corrected chi connectivity index (χ1v) is 5.87. The number of phenolic OH excluding ortho intramolecular Hbond substituents is 1. The van der Waals surface area contributed by atoms with E-state index in [1.807, 2.05) is 0 Å². The lowest BCUT2D eigenvalue weighted by atomic mass is 10.3. The van der Waals surface area contributed by atoms with Crippen molar-refractivity contribution < 1.29 is 9.84 Å². The Morgan fingerprint density at radius 2 is 2.07 bits per heavy atom. The van der Waals surface area contributed by atoms with Crippen LogP contribution in [0.2, 0.25) is 0 Å². The molecule has 78 valence electrons. The second-order valence-corrected chi connectivity index (χ2v) is 5.25. The second-order valence-electron chi connectivity index (χ2n) is 2.86. The van der Waals surface area contributed by atoms with E-state index in [0.29, 0.717) is 6.61 Å². The summed E-state index contributed by atoms with van der Waals surface area (Å²) >= 11 is 4.83. The van der Waals surface area contributed by atoms with Crippen LogP contribution in [0.15, 0.2) is 34.4 Å². The van der Waals surface area contributed by atoms with Gasteiger partial charge in [-0.2, -0.15) is 0 Å². The van der Waals surface area contributed by atoms with E-state index < -0.39 is 0 Å². The van der Waals surface area contributed by atoms with Crippen LogP contribution >= 0.6 is 27.3 Å². The Morgan fingerprint density at radius 3 is 2.67 bits per heavy atom. The molecular weight excluding hydrogens is 278 g/mol. The zero-order valence-corrected chi connectivity index (χ0v) is 10.1. The standard InChI is InChI=1S/C10H8BrNO2S/c11-10-12-5-9(15-10)6-14-8-3-1-7(13)2-4-8/h1-5,13H,6H2. The van der Waals surface area contributed by atoms with Crippen molar-refractivity contribution in [2.75, 3.05) is 0 Å². The summed E-state index contributed by atoms with van der Waals surface area (Å²) in [6.07, 6.45) is 1.77. The van der Waals surface area contributed by atoms with Gasteiger partial charge in [0.1, 0.15) is 18.1 Å². The van der Waals surface area contributed by atoms with Crippen LogP contribution in [-0.4, -0.2) is 10.1 Å². The highest BCUT2D eigenvalue weighted by Crippen LogP contribution is 2.21. The molecule has 0 aliphatic rings. The van der Waals surface area contributed by atoms with Crippen LogP contribution in [0.5, 0.6) is 11.5 Å². The van der Waals surface area contributed by atoms with Crippen molar-refractivity contribution in [1.82, 2.24) is 4.98 Å². The summed E-state index contributed by atoms with van der Waals surface area (Å²) in [5, 5.41) is 9.08. The molecule has 0 saturated heterocycles. The normalized spacial score (nSPS) is 10.2. The molecule has 3 nitrogen and oxygen atoms in total. The van der Waals surface area contributed by atoms with Crippen molar-refractivity contribution in [3.63, 3.8) is 0 Å². The summed E-state index contributed by atoms with van der Waals surface area (Å²) in [6, 6.07) is 6.65. The van der Waals surface area contributed by atoms with Gasteiger partial charge in [0, 0.05) is 6.20 Å². The summed E-state index contributed by atoms with van der Waals surface area (Å²) in [5.74, 6) is 0.972. The highest BCUT2D eigenvalue weighted by atomic mass is 79.9. The molecular formula is C10H8BrNO2S. The van der Waals surface area contributed by atoms with Crippen molar-refractivity contribution in [2.24, 2.45) is 0 Å². The third kappa shape index (κ3) is 2.94. The largest absolute Gasteiger partial charge is 0.508 e. The van der Waals surface area contributed by atoms with E-state index in [1.54, 1.807) is 41.8 Å². The fourth-order valence-electron chi connectivity index (χ4n) is 1.05. The van der Waals surface area contributed by atoms with Gasteiger partial charge in [-0.15, -0.1) is 11.3 Å². The van der Waals surface area contributed by atoms with Gasteiger partial charge in [0.15, 0.2) is 3.92 Å². The lowest BCUT2D eigenvalue weighted by Gasteiger charge is -2.03. The third-order valence-corrected chi connectivity index (χ3v) is 3.19. The number of aromatic nitrogens is 1. The van der Waals surface area contributed by atoms with Gasteiger partial charge in [0.05, 0.1) is 4.88 Å². The highest BCUT2D eigenvalue weighted by molar-refractivity contribution is 9.11. The summed E-state index contributed by atoms with van der Waals surface area (Å²) in [5.41, 5.74) is 0. The van der Waals surface area contributed by atoms with E-state index in [2.05, 4.69) is 20.9 Å². The summed E-state index contributed by atoms with van der Waals surface area (Å²) in [6.45, 7) is 0.494. The minimum absolute atomic E-state index is 0.239. The fraction of sp³-hybridized carbons (Fsp3) is 0.100. The highest BCUT2D eigenvalue weighted by Gasteiger charge is 2.00. The minimum Gasteiger partial charge on any atom is -0.508 e. The molecule has 0 spiro atoms. The molecule has 2 rings (SSSR count). The Balaban J connectivity index is 1.96. The Morgan fingerprint density at radius 1 is 1.33 bits per heavy atom. The average Bonchev–Trinajstić information content (AvgIpc) is 2.64. The number of hydrogen-bond donors (Lipinski definition) is 1. The first kappa shape index (κ1) is 10.4. The molecule has 0 bridgehead atoms. The minimum atomic E-state index is 0.239. The molecule has 0 aliphatic carbocycles. The van der Waals surface area contributed by atoms with E-state index in [9.17, 15) is 0 Å². The number of ether oxygens (including phenoxy) is 1. The summed E-state index contributed by atoms with van der Waals surface area (Å²) in [4.78, 5) is 5.11. The van der Waals surface area contributed by atoms with Crippen LogP contribution in [0, 0.1) is 0 Å². The summed E-state index contributed by atoms with van der Waals surface area (Å²) in [7, 11) is 0. The molecule has 1 aromatic carbocycles. The molecule has 0 saturated carbocycles. The summed E-state index contributed by atoms with van der Waals surface area (Å²) < 4.78 is 6.35. The predicted molar refractivity (Wildman–Crippen MR) is 62.3 cm³/mol. The molecule has 1 heterocycles. The third-order valence-electron chi connectivity index (χ3n) is 1.74. The van der Waals surface area contributed by atoms with E-state index >= 15 is 0 Å². The van der Waals surface area contributed by atoms with Crippen LogP contribution in [0.4, 0.5) is 0 Å².